The van der Waals surface area contributed by atoms with Crippen LogP contribution in [-0.4, -0.2) is 22.2 Å². The summed E-state index contributed by atoms with van der Waals surface area (Å²) < 4.78 is 1.87. The van der Waals surface area contributed by atoms with E-state index in [9.17, 15) is 4.79 Å². The molecule has 15 heavy (non-hydrogen) atoms. The second kappa shape index (κ2) is 4.04. The van der Waals surface area contributed by atoms with Crippen molar-refractivity contribution in [2.45, 2.75) is 26.2 Å². The highest BCUT2D eigenvalue weighted by atomic mass is 16.1. The third-order valence-electron chi connectivity index (χ3n) is 2.95. The third-order valence-corrected chi connectivity index (χ3v) is 2.95. The Morgan fingerprint density at radius 3 is 3.07 bits per heavy atom. The Kier molecular flexibility index (Phi) is 2.75. The lowest BCUT2D eigenvalue weighted by molar-refractivity contribution is -0.126. The molecule has 4 heteroatoms. The minimum Gasteiger partial charge on any atom is -0.356 e. The van der Waals surface area contributed by atoms with Crippen LogP contribution >= 0.6 is 0 Å². The number of carbonyl (C=O) groups excluding carboxylic acids is 1. The van der Waals surface area contributed by atoms with E-state index < -0.39 is 0 Å². The van der Waals surface area contributed by atoms with E-state index in [-0.39, 0.29) is 11.8 Å². The van der Waals surface area contributed by atoms with Gasteiger partial charge in [0.25, 0.3) is 0 Å². The highest BCUT2D eigenvalue weighted by Gasteiger charge is 2.23. The van der Waals surface area contributed by atoms with Gasteiger partial charge in [0.05, 0.1) is 5.69 Å². The molecule has 0 bridgehead atoms. The first-order chi connectivity index (χ1) is 7.16. The molecule has 1 aliphatic heterocycles. The van der Waals surface area contributed by atoms with Crippen LogP contribution in [0.1, 0.15) is 24.2 Å². The SMILES string of the molecule is Cc1cc(CC2CCCNC2=O)n(C)n1. The molecule has 4 nitrogen and oxygen atoms in total. The van der Waals surface area contributed by atoms with Crippen LogP contribution in [0, 0.1) is 12.8 Å². The summed E-state index contributed by atoms with van der Waals surface area (Å²) in [7, 11) is 1.93. The number of carbonyl (C=O) groups is 1. The van der Waals surface area contributed by atoms with Gasteiger partial charge in [-0.25, -0.2) is 0 Å². The molecule has 1 unspecified atom stereocenters. The Hall–Kier alpha value is -1.32. The molecule has 1 amide bonds. The maximum atomic E-state index is 11.6. The zero-order chi connectivity index (χ0) is 10.8. The first-order valence-electron chi connectivity index (χ1n) is 5.44. The molecule has 1 aromatic heterocycles. The van der Waals surface area contributed by atoms with Gasteiger partial charge in [-0.15, -0.1) is 0 Å². The Morgan fingerprint density at radius 1 is 1.67 bits per heavy atom. The molecule has 0 aromatic carbocycles. The zero-order valence-corrected chi connectivity index (χ0v) is 9.29. The highest BCUT2D eigenvalue weighted by molar-refractivity contribution is 5.79. The summed E-state index contributed by atoms with van der Waals surface area (Å²) in [6.07, 6.45) is 2.90. The predicted molar refractivity (Wildman–Crippen MR) is 57.4 cm³/mol. The maximum absolute atomic E-state index is 11.6. The molecular weight excluding hydrogens is 190 g/mol. The lowest BCUT2D eigenvalue weighted by atomic mass is 9.94. The number of hydrogen-bond acceptors (Lipinski definition) is 2. The summed E-state index contributed by atoms with van der Waals surface area (Å²) in [5.74, 6) is 0.327. The van der Waals surface area contributed by atoms with Gasteiger partial charge in [-0.05, 0) is 25.8 Å². The van der Waals surface area contributed by atoms with E-state index in [0.717, 1.165) is 37.2 Å². The number of aryl methyl sites for hydroxylation is 2. The van der Waals surface area contributed by atoms with Gasteiger partial charge in [0, 0.05) is 31.6 Å². The smallest absolute Gasteiger partial charge is 0.223 e. The second-order valence-corrected chi connectivity index (χ2v) is 4.23. The monoisotopic (exact) mass is 207 g/mol. The van der Waals surface area contributed by atoms with Gasteiger partial charge < -0.3 is 5.32 Å². The predicted octanol–water partition coefficient (Wildman–Crippen LogP) is 0.797. The number of nitrogens with zero attached hydrogens (tertiary/aromatic N) is 2. The number of amides is 1. The standard InChI is InChI=1S/C11H17N3O/c1-8-6-10(14(2)13-8)7-9-4-3-5-12-11(9)15/h6,9H,3-5,7H2,1-2H3,(H,12,15). The molecule has 0 saturated carbocycles. The molecular formula is C11H17N3O. The zero-order valence-electron chi connectivity index (χ0n) is 9.29. The molecule has 0 spiro atoms. The minimum atomic E-state index is 0.133. The van der Waals surface area contributed by atoms with E-state index in [1.54, 1.807) is 0 Å². The van der Waals surface area contributed by atoms with Gasteiger partial charge in [-0.2, -0.15) is 5.10 Å². The van der Waals surface area contributed by atoms with Crippen LogP contribution in [0.5, 0.6) is 0 Å². The summed E-state index contributed by atoms with van der Waals surface area (Å²) in [6.45, 7) is 2.81. The van der Waals surface area contributed by atoms with Crippen LogP contribution in [0.25, 0.3) is 0 Å². The third kappa shape index (κ3) is 2.19. The van der Waals surface area contributed by atoms with Gasteiger partial charge >= 0.3 is 0 Å². The van der Waals surface area contributed by atoms with E-state index in [1.165, 1.54) is 0 Å². The molecule has 1 N–H and O–H groups in total. The molecule has 1 saturated heterocycles. The van der Waals surface area contributed by atoms with Crippen molar-refractivity contribution in [1.82, 2.24) is 15.1 Å². The van der Waals surface area contributed by atoms with Crippen LogP contribution in [0.15, 0.2) is 6.07 Å². The van der Waals surface area contributed by atoms with Crippen molar-refractivity contribution < 1.29 is 4.79 Å². The molecule has 0 radical (unpaired) electrons. The maximum Gasteiger partial charge on any atom is 0.223 e. The number of aromatic nitrogens is 2. The Balaban J connectivity index is 2.07. The molecule has 82 valence electrons. The fourth-order valence-corrected chi connectivity index (χ4v) is 2.14. The average Bonchev–Trinajstić information content (AvgIpc) is 2.49. The van der Waals surface area contributed by atoms with E-state index in [2.05, 4.69) is 16.5 Å². The van der Waals surface area contributed by atoms with Gasteiger partial charge in [-0.3, -0.25) is 9.48 Å². The number of piperidine rings is 1. The van der Waals surface area contributed by atoms with E-state index in [1.807, 2.05) is 18.7 Å². The summed E-state index contributed by atoms with van der Waals surface area (Å²) >= 11 is 0. The number of hydrogen-bond donors (Lipinski definition) is 1. The molecule has 1 atom stereocenters. The van der Waals surface area contributed by atoms with Crippen molar-refractivity contribution in [1.29, 1.82) is 0 Å². The molecule has 2 heterocycles. The van der Waals surface area contributed by atoms with Crippen molar-refractivity contribution >= 4 is 5.91 Å². The fraction of sp³-hybridized carbons (Fsp3) is 0.636. The topological polar surface area (TPSA) is 46.9 Å². The Morgan fingerprint density at radius 2 is 2.47 bits per heavy atom. The Labute approximate surface area is 89.7 Å². The molecule has 0 aliphatic carbocycles. The minimum absolute atomic E-state index is 0.133. The van der Waals surface area contributed by atoms with Gasteiger partial charge in [-0.1, -0.05) is 0 Å². The average molecular weight is 207 g/mol. The van der Waals surface area contributed by atoms with E-state index >= 15 is 0 Å². The van der Waals surface area contributed by atoms with Crippen molar-refractivity contribution in [3.63, 3.8) is 0 Å². The number of nitrogens with one attached hydrogen (secondary N) is 1. The van der Waals surface area contributed by atoms with Crippen molar-refractivity contribution in [3.8, 4) is 0 Å². The van der Waals surface area contributed by atoms with Gasteiger partial charge in [0.1, 0.15) is 0 Å². The molecule has 1 aromatic rings. The van der Waals surface area contributed by atoms with Crippen LogP contribution in [-0.2, 0) is 18.3 Å². The first-order valence-corrected chi connectivity index (χ1v) is 5.44. The summed E-state index contributed by atoms with van der Waals surface area (Å²) in [5.41, 5.74) is 2.17. The van der Waals surface area contributed by atoms with Crippen LogP contribution in [0.4, 0.5) is 0 Å². The van der Waals surface area contributed by atoms with E-state index in [4.69, 9.17) is 0 Å². The lowest BCUT2D eigenvalue weighted by Crippen LogP contribution is -2.37. The summed E-state index contributed by atoms with van der Waals surface area (Å²) in [4.78, 5) is 11.6. The number of rotatable bonds is 2. The second-order valence-electron chi connectivity index (χ2n) is 4.23. The molecule has 1 aliphatic rings. The quantitative estimate of drug-likeness (QED) is 0.779. The lowest BCUT2D eigenvalue weighted by Gasteiger charge is -2.21. The van der Waals surface area contributed by atoms with Crippen molar-refractivity contribution in [3.05, 3.63) is 17.5 Å². The van der Waals surface area contributed by atoms with Crippen LogP contribution < -0.4 is 5.32 Å². The van der Waals surface area contributed by atoms with E-state index in [0.29, 0.717) is 0 Å². The van der Waals surface area contributed by atoms with Crippen LogP contribution in [0.2, 0.25) is 0 Å². The summed E-state index contributed by atoms with van der Waals surface area (Å²) in [5, 5.41) is 7.20. The molecule has 1 fully saturated rings. The fourth-order valence-electron chi connectivity index (χ4n) is 2.14. The Bertz CT molecular complexity index is 370. The molecule has 2 rings (SSSR count). The normalized spacial score (nSPS) is 21.5. The van der Waals surface area contributed by atoms with Crippen molar-refractivity contribution in [2.24, 2.45) is 13.0 Å². The summed E-state index contributed by atoms with van der Waals surface area (Å²) in [6, 6.07) is 2.06. The van der Waals surface area contributed by atoms with Crippen LogP contribution in [0.3, 0.4) is 0 Å². The highest BCUT2D eigenvalue weighted by Crippen LogP contribution is 2.17. The van der Waals surface area contributed by atoms with Crippen molar-refractivity contribution in [2.75, 3.05) is 6.54 Å². The first kappa shape index (κ1) is 10.2. The largest absolute Gasteiger partial charge is 0.356 e. The van der Waals surface area contributed by atoms with Gasteiger partial charge in [0.2, 0.25) is 5.91 Å². The van der Waals surface area contributed by atoms with Gasteiger partial charge in [0.15, 0.2) is 0 Å².